The Hall–Kier alpha value is -1.16. The highest BCUT2D eigenvalue weighted by molar-refractivity contribution is 5.25. The molecule has 0 atom stereocenters. The lowest BCUT2D eigenvalue weighted by Gasteiger charge is -2.10. The molecular weight excluding hydrogens is 190 g/mol. The Morgan fingerprint density at radius 1 is 1.36 bits per heavy atom. The van der Waals surface area contributed by atoms with Crippen LogP contribution < -0.4 is 4.74 Å². The second-order valence-corrected chi connectivity index (χ2v) is 3.56. The number of hydrogen-bond acceptors (Lipinski definition) is 2. The van der Waals surface area contributed by atoms with Gasteiger partial charge in [0, 0.05) is 0 Å². The molecule has 0 heterocycles. The minimum absolute atomic E-state index is 0.0212. The van der Waals surface area contributed by atoms with Gasteiger partial charge in [0.25, 0.3) is 0 Å². The second-order valence-electron chi connectivity index (χ2n) is 3.56. The molecule has 1 aromatic rings. The molecule has 1 N–H and O–H groups in total. The summed E-state index contributed by atoms with van der Waals surface area (Å²) in [6.45, 7) is 0.0212. The summed E-state index contributed by atoms with van der Waals surface area (Å²) in [5.74, 6) is -2.09. The van der Waals surface area contributed by atoms with Crippen LogP contribution in [0, 0.1) is 11.6 Å². The lowest BCUT2D eigenvalue weighted by molar-refractivity contribution is 0.0832. The van der Waals surface area contributed by atoms with Crippen LogP contribution >= 0.6 is 0 Å². The molecule has 76 valence electrons. The fourth-order valence-electron chi connectivity index (χ4n) is 1.10. The van der Waals surface area contributed by atoms with E-state index >= 15 is 0 Å². The number of benzene rings is 1. The average Bonchev–Trinajstić information content (AvgIpc) is 2.88. The minimum Gasteiger partial charge on any atom is -0.487 e. The molecule has 2 nitrogen and oxygen atoms in total. The van der Waals surface area contributed by atoms with E-state index in [1.165, 1.54) is 12.1 Å². The van der Waals surface area contributed by atoms with Crippen molar-refractivity contribution in [3.8, 4) is 5.75 Å². The Balaban J connectivity index is 2.05. The van der Waals surface area contributed by atoms with Gasteiger partial charge >= 0.3 is 0 Å². The zero-order valence-corrected chi connectivity index (χ0v) is 7.46. The van der Waals surface area contributed by atoms with Crippen molar-refractivity contribution in [1.82, 2.24) is 0 Å². The van der Waals surface area contributed by atoms with Gasteiger partial charge < -0.3 is 9.84 Å². The van der Waals surface area contributed by atoms with Gasteiger partial charge in [0.05, 0.1) is 5.60 Å². The largest absolute Gasteiger partial charge is 0.487 e. The van der Waals surface area contributed by atoms with Crippen molar-refractivity contribution in [1.29, 1.82) is 0 Å². The third-order valence-electron chi connectivity index (χ3n) is 2.24. The van der Waals surface area contributed by atoms with Crippen LogP contribution in [0.4, 0.5) is 8.78 Å². The van der Waals surface area contributed by atoms with Crippen LogP contribution in [-0.4, -0.2) is 17.3 Å². The normalized spacial score (nSPS) is 17.9. The summed E-state index contributed by atoms with van der Waals surface area (Å²) in [6, 6.07) is 3.73. The summed E-state index contributed by atoms with van der Waals surface area (Å²) in [5.41, 5.74) is -0.821. The molecule has 0 radical (unpaired) electrons. The lowest BCUT2D eigenvalue weighted by atomic mass is 10.3. The summed E-state index contributed by atoms with van der Waals surface area (Å²) >= 11 is 0. The standard InChI is InChI=1S/C10H10F2O2/c11-7-2-1-3-8(9(7)12)14-6-10(13)4-5-10/h1-3,13H,4-6H2. The predicted octanol–water partition coefficient (Wildman–Crippen LogP) is 1.87. The van der Waals surface area contributed by atoms with Crippen LogP contribution in [0.25, 0.3) is 0 Å². The summed E-state index contributed by atoms with van der Waals surface area (Å²) in [7, 11) is 0. The van der Waals surface area contributed by atoms with Crippen molar-refractivity contribution in [2.75, 3.05) is 6.61 Å². The van der Waals surface area contributed by atoms with E-state index < -0.39 is 17.2 Å². The quantitative estimate of drug-likeness (QED) is 0.807. The van der Waals surface area contributed by atoms with Crippen LogP contribution in [0.15, 0.2) is 18.2 Å². The molecule has 0 spiro atoms. The maximum Gasteiger partial charge on any atom is 0.200 e. The number of halogens is 2. The summed E-state index contributed by atoms with van der Waals surface area (Å²) in [6.07, 6.45) is 1.31. The van der Waals surface area contributed by atoms with Crippen LogP contribution in [0.2, 0.25) is 0 Å². The number of ether oxygens (including phenoxy) is 1. The predicted molar refractivity (Wildman–Crippen MR) is 46.0 cm³/mol. The van der Waals surface area contributed by atoms with Gasteiger partial charge in [0.2, 0.25) is 5.82 Å². The number of aliphatic hydroxyl groups is 1. The molecule has 1 aromatic carbocycles. The maximum absolute atomic E-state index is 13.0. The van der Waals surface area contributed by atoms with Gasteiger partial charge in [-0.3, -0.25) is 0 Å². The first-order valence-corrected chi connectivity index (χ1v) is 4.40. The van der Waals surface area contributed by atoms with E-state index in [0.717, 1.165) is 6.07 Å². The molecule has 1 fully saturated rings. The van der Waals surface area contributed by atoms with Crippen LogP contribution in [-0.2, 0) is 0 Å². The molecule has 2 rings (SSSR count). The van der Waals surface area contributed by atoms with E-state index in [4.69, 9.17) is 4.74 Å². The van der Waals surface area contributed by atoms with Crippen LogP contribution in [0.3, 0.4) is 0 Å². The van der Waals surface area contributed by atoms with Crippen LogP contribution in [0.5, 0.6) is 5.75 Å². The Bertz CT molecular complexity index is 348. The monoisotopic (exact) mass is 200 g/mol. The third-order valence-corrected chi connectivity index (χ3v) is 2.24. The fraction of sp³-hybridized carbons (Fsp3) is 0.400. The van der Waals surface area contributed by atoms with Crippen molar-refractivity contribution in [3.63, 3.8) is 0 Å². The van der Waals surface area contributed by atoms with Gasteiger partial charge in [0.15, 0.2) is 11.6 Å². The topological polar surface area (TPSA) is 29.5 Å². The van der Waals surface area contributed by atoms with Crippen molar-refractivity contribution in [2.45, 2.75) is 18.4 Å². The molecule has 0 saturated heterocycles. The maximum atomic E-state index is 13.0. The molecule has 0 bridgehead atoms. The first kappa shape index (κ1) is 9.40. The Morgan fingerprint density at radius 2 is 2.07 bits per heavy atom. The van der Waals surface area contributed by atoms with E-state index in [2.05, 4.69) is 0 Å². The third kappa shape index (κ3) is 1.85. The van der Waals surface area contributed by atoms with Crippen molar-refractivity contribution >= 4 is 0 Å². The van der Waals surface area contributed by atoms with Crippen LogP contribution in [0.1, 0.15) is 12.8 Å². The van der Waals surface area contributed by atoms with E-state index in [1.807, 2.05) is 0 Å². The number of hydrogen-bond donors (Lipinski definition) is 1. The van der Waals surface area contributed by atoms with Gasteiger partial charge in [-0.1, -0.05) is 6.07 Å². The average molecular weight is 200 g/mol. The zero-order chi connectivity index (χ0) is 10.2. The molecular formula is C10H10F2O2. The Labute approximate surface area is 80.1 Å². The van der Waals surface area contributed by atoms with E-state index in [-0.39, 0.29) is 12.4 Å². The molecule has 1 saturated carbocycles. The van der Waals surface area contributed by atoms with E-state index in [9.17, 15) is 13.9 Å². The smallest absolute Gasteiger partial charge is 0.200 e. The highest BCUT2D eigenvalue weighted by atomic mass is 19.2. The molecule has 0 aliphatic heterocycles. The van der Waals surface area contributed by atoms with Crippen molar-refractivity contribution in [3.05, 3.63) is 29.8 Å². The summed E-state index contributed by atoms with van der Waals surface area (Å²) in [4.78, 5) is 0. The zero-order valence-electron chi connectivity index (χ0n) is 7.46. The summed E-state index contributed by atoms with van der Waals surface area (Å²) in [5, 5.41) is 9.41. The minimum atomic E-state index is -1.00. The van der Waals surface area contributed by atoms with Gasteiger partial charge in [-0.2, -0.15) is 4.39 Å². The molecule has 4 heteroatoms. The van der Waals surface area contributed by atoms with Gasteiger partial charge in [-0.05, 0) is 25.0 Å². The second kappa shape index (κ2) is 3.20. The first-order chi connectivity index (χ1) is 6.61. The lowest BCUT2D eigenvalue weighted by Crippen LogP contribution is -2.19. The Morgan fingerprint density at radius 3 is 2.71 bits per heavy atom. The summed E-state index contributed by atoms with van der Waals surface area (Å²) < 4.78 is 30.7. The van der Waals surface area contributed by atoms with Crippen molar-refractivity contribution in [2.24, 2.45) is 0 Å². The highest BCUT2D eigenvalue weighted by Crippen LogP contribution is 2.35. The van der Waals surface area contributed by atoms with Gasteiger partial charge in [-0.25, -0.2) is 4.39 Å². The first-order valence-electron chi connectivity index (χ1n) is 4.40. The SMILES string of the molecule is OC1(COc2cccc(F)c2F)CC1. The van der Waals surface area contributed by atoms with Crippen molar-refractivity contribution < 1.29 is 18.6 Å². The molecule has 0 amide bonds. The molecule has 1 aliphatic carbocycles. The molecule has 1 aliphatic rings. The van der Waals surface area contributed by atoms with Gasteiger partial charge in [0.1, 0.15) is 6.61 Å². The molecule has 0 aromatic heterocycles. The molecule has 14 heavy (non-hydrogen) atoms. The Kier molecular flexibility index (Phi) is 2.15. The van der Waals surface area contributed by atoms with E-state index in [1.54, 1.807) is 0 Å². The number of rotatable bonds is 3. The molecule has 0 unspecified atom stereocenters. The highest BCUT2D eigenvalue weighted by Gasteiger charge is 2.41. The fourth-order valence-corrected chi connectivity index (χ4v) is 1.10. The van der Waals surface area contributed by atoms with Gasteiger partial charge in [-0.15, -0.1) is 0 Å². The van der Waals surface area contributed by atoms with E-state index in [0.29, 0.717) is 12.8 Å².